The highest BCUT2D eigenvalue weighted by molar-refractivity contribution is 4.61. The third-order valence-corrected chi connectivity index (χ3v) is 3.95. The molecule has 4 nitrogen and oxygen atoms in total. The van der Waals surface area contributed by atoms with Crippen molar-refractivity contribution in [2.45, 2.75) is 26.7 Å². The molecular weight excluding hydrogens is 248 g/mol. The summed E-state index contributed by atoms with van der Waals surface area (Å²) in [4.78, 5) is 9.70. The van der Waals surface area contributed by atoms with E-state index in [1.807, 2.05) is 0 Å². The predicted octanol–water partition coefficient (Wildman–Crippen LogP) is 1.53. The van der Waals surface area contributed by atoms with E-state index >= 15 is 0 Å². The van der Waals surface area contributed by atoms with Gasteiger partial charge in [0.25, 0.3) is 0 Å². The molecule has 0 aliphatic rings. The normalized spacial score (nSPS) is 12.3. The van der Waals surface area contributed by atoms with Gasteiger partial charge in [-0.25, -0.2) is 0 Å². The summed E-state index contributed by atoms with van der Waals surface area (Å²) in [7, 11) is 8.88. The molecular formula is C16H38N4. The van der Waals surface area contributed by atoms with Crippen LogP contribution < -0.4 is 0 Å². The van der Waals surface area contributed by atoms with Crippen LogP contribution in [0.4, 0.5) is 0 Å². The van der Waals surface area contributed by atoms with E-state index in [0.29, 0.717) is 0 Å². The van der Waals surface area contributed by atoms with E-state index in [2.05, 4.69) is 61.6 Å². The van der Waals surface area contributed by atoms with E-state index in [-0.39, 0.29) is 0 Å². The zero-order chi connectivity index (χ0) is 15.4. The Kier molecular flexibility index (Phi) is 12.5. The van der Waals surface area contributed by atoms with Crippen LogP contribution in [0.3, 0.4) is 0 Å². The Hall–Kier alpha value is -0.160. The minimum absolute atomic E-state index is 1.15. The summed E-state index contributed by atoms with van der Waals surface area (Å²) < 4.78 is 0. The van der Waals surface area contributed by atoms with Gasteiger partial charge in [-0.05, 0) is 67.2 Å². The van der Waals surface area contributed by atoms with Gasteiger partial charge in [0.1, 0.15) is 0 Å². The van der Waals surface area contributed by atoms with Crippen LogP contribution in [0.1, 0.15) is 26.7 Å². The van der Waals surface area contributed by atoms with Crippen LogP contribution in [0.15, 0.2) is 0 Å². The first-order chi connectivity index (χ1) is 9.49. The lowest BCUT2D eigenvalue weighted by molar-refractivity contribution is 0.220. The molecule has 0 amide bonds. The number of nitrogens with zero attached hydrogens (tertiary/aromatic N) is 4. The molecule has 0 aromatic carbocycles. The topological polar surface area (TPSA) is 13.0 Å². The molecule has 0 saturated carbocycles. The summed E-state index contributed by atoms with van der Waals surface area (Å²) in [6.45, 7) is 13.9. The zero-order valence-electron chi connectivity index (χ0n) is 14.9. The van der Waals surface area contributed by atoms with Crippen molar-refractivity contribution in [2.24, 2.45) is 0 Å². The minimum Gasteiger partial charge on any atom is -0.307 e. The van der Waals surface area contributed by atoms with Gasteiger partial charge in [-0.3, -0.25) is 0 Å². The van der Waals surface area contributed by atoms with E-state index in [9.17, 15) is 0 Å². The van der Waals surface area contributed by atoms with Crippen molar-refractivity contribution >= 4 is 0 Å². The number of likely N-dealkylation sites (N-methyl/N-ethyl adjacent to an activating group) is 3. The lowest BCUT2D eigenvalue weighted by Crippen LogP contribution is -2.36. The van der Waals surface area contributed by atoms with Gasteiger partial charge < -0.3 is 19.6 Å². The summed E-state index contributed by atoms with van der Waals surface area (Å²) in [5, 5.41) is 0. The van der Waals surface area contributed by atoms with E-state index in [1.54, 1.807) is 0 Å². The molecule has 4 heteroatoms. The monoisotopic (exact) mass is 286 g/mol. The largest absolute Gasteiger partial charge is 0.307 e. The Labute approximate surface area is 127 Å². The van der Waals surface area contributed by atoms with Crippen LogP contribution >= 0.6 is 0 Å². The Bertz CT molecular complexity index is 211. The number of hydrogen-bond donors (Lipinski definition) is 0. The van der Waals surface area contributed by atoms with Crippen molar-refractivity contribution in [3.8, 4) is 0 Å². The van der Waals surface area contributed by atoms with Crippen LogP contribution in [0.2, 0.25) is 0 Å². The maximum Gasteiger partial charge on any atom is 0.0107 e. The summed E-state index contributed by atoms with van der Waals surface area (Å²) >= 11 is 0. The Morgan fingerprint density at radius 2 is 0.900 bits per heavy atom. The van der Waals surface area contributed by atoms with Gasteiger partial charge in [-0.1, -0.05) is 13.8 Å². The van der Waals surface area contributed by atoms with Crippen LogP contribution in [0, 0.1) is 0 Å². The van der Waals surface area contributed by atoms with Gasteiger partial charge >= 0.3 is 0 Å². The molecule has 0 atom stereocenters. The second kappa shape index (κ2) is 12.6. The fraction of sp³-hybridized carbons (Fsp3) is 1.00. The molecule has 122 valence electrons. The summed E-state index contributed by atoms with van der Waals surface area (Å²) in [6.07, 6.45) is 2.51. The van der Waals surface area contributed by atoms with Gasteiger partial charge in [0, 0.05) is 26.2 Å². The Morgan fingerprint density at radius 3 is 1.35 bits per heavy atom. The first-order valence-corrected chi connectivity index (χ1v) is 8.23. The number of hydrogen-bond acceptors (Lipinski definition) is 4. The zero-order valence-corrected chi connectivity index (χ0v) is 14.9. The summed E-state index contributed by atoms with van der Waals surface area (Å²) in [5.41, 5.74) is 0. The Balaban J connectivity index is 3.55. The van der Waals surface area contributed by atoms with Crippen LogP contribution in [0.25, 0.3) is 0 Å². The third kappa shape index (κ3) is 11.6. The lowest BCUT2D eigenvalue weighted by Gasteiger charge is -2.24. The molecule has 0 bridgehead atoms. The average molecular weight is 287 g/mol. The minimum atomic E-state index is 1.15. The smallest absolute Gasteiger partial charge is 0.0107 e. The highest BCUT2D eigenvalue weighted by atomic mass is 15.2. The first kappa shape index (κ1) is 19.8. The standard InChI is InChI=1S/C16H38N4/c1-7-10-18(4)13-15-20(6)16-14-19(5)12-9-11-17(3)8-2/h7-16H2,1-6H3. The second-order valence-electron chi connectivity index (χ2n) is 6.16. The van der Waals surface area contributed by atoms with Crippen LogP contribution in [-0.4, -0.2) is 100 Å². The van der Waals surface area contributed by atoms with Gasteiger partial charge in [-0.2, -0.15) is 0 Å². The molecule has 0 heterocycles. The van der Waals surface area contributed by atoms with E-state index in [4.69, 9.17) is 0 Å². The average Bonchev–Trinajstić information content (AvgIpc) is 2.43. The maximum absolute atomic E-state index is 2.45. The van der Waals surface area contributed by atoms with Crippen LogP contribution in [0.5, 0.6) is 0 Å². The quantitative estimate of drug-likeness (QED) is 0.509. The highest BCUT2D eigenvalue weighted by Crippen LogP contribution is 1.93. The summed E-state index contributed by atoms with van der Waals surface area (Å²) in [5.74, 6) is 0. The van der Waals surface area contributed by atoms with Crippen molar-refractivity contribution in [2.75, 3.05) is 80.5 Å². The van der Waals surface area contributed by atoms with E-state index < -0.39 is 0 Å². The van der Waals surface area contributed by atoms with E-state index in [1.165, 1.54) is 58.7 Å². The molecule has 0 saturated heterocycles. The molecule has 0 fully saturated rings. The summed E-state index contributed by atoms with van der Waals surface area (Å²) in [6, 6.07) is 0. The molecule has 0 rings (SSSR count). The molecule has 0 unspecified atom stereocenters. The molecule has 0 N–H and O–H groups in total. The molecule has 0 aromatic heterocycles. The fourth-order valence-electron chi connectivity index (χ4n) is 2.17. The molecule has 0 spiro atoms. The van der Waals surface area contributed by atoms with Crippen molar-refractivity contribution in [3.63, 3.8) is 0 Å². The molecule has 0 aliphatic carbocycles. The van der Waals surface area contributed by atoms with Gasteiger partial charge in [0.05, 0.1) is 0 Å². The molecule has 0 aliphatic heterocycles. The van der Waals surface area contributed by atoms with Crippen molar-refractivity contribution in [1.82, 2.24) is 19.6 Å². The van der Waals surface area contributed by atoms with E-state index in [0.717, 1.165) is 6.54 Å². The highest BCUT2D eigenvalue weighted by Gasteiger charge is 2.04. The van der Waals surface area contributed by atoms with Gasteiger partial charge in [0.2, 0.25) is 0 Å². The maximum atomic E-state index is 2.45. The van der Waals surface area contributed by atoms with Gasteiger partial charge in [0.15, 0.2) is 0 Å². The third-order valence-electron chi connectivity index (χ3n) is 3.95. The van der Waals surface area contributed by atoms with Crippen molar-refractivity contribution < 1.29 is 0 Å². The Morgan fingerprint density at radius 1 is 0.500 bits per heavy atom. The molecule has 0 aromatic rings. The SMILES string of the molecule is CCCN(C)CCN(C)CCN(C)CCCN(C)CC. The number of rotatable bonds is 13. The lowest BCUT2D eigenvalue weighted by atomic mass is 10.3. The fourth-order valence-corrected chi connectivity index (χ4v) is 2.17. The first-order valence-electron chi connectivity index (χ1n) is 8.23. The predicted molar refractivity (Wildman–Crippen MR) is 90.6 cm³/mol. The molecule has 20 heavy (non-hydrogen) atoms. The second-order valence-corrected chi connectivity index (χ2v) is 6.16. The van der Waals surface area contributed by atoms with Crippen molar-refractivity contribution in [3.05, 3.63) is 0 Å². The van der Waals surface area contributed by atoms with Crippen LogP contribution in [-0.2, 0) is 0 Å². The van der Waals surface area contributed by atoms with Gasteiger partial charge in [-0.15, -0.1) is 0 Å². The van der Waals surface area contributed by atoms with Crippen molar-refractivity contribution in [1.29, 1.82) is 0 Å². The molecule has 0 radical (unpaired) electrons.